The fourth-order valence-electron chi connectivity index (χ4n) is 3.47. The zero-order valence-electron chi connectivity index (χ0n) is 17.1. The first-order valence-corrected chi connectivity index (χ1v) is 9.46. The molecular formula is C21H25N5O3. The van der Waals surface area contributed by atoms with Crippen molar-refractivity contribution in [2.24, 2.45) is 0 Å². The highest BCUT2D eigenvalue weighted by atomic mass is 16.3. The Morgan fingerprint density at radius 3 is 2.59 bits per heavy atom. The molecular weight excluding hydrogens is 370 g/mol. The van der Waals surface area contributed by atoms with Crippen LogP contribution in [-0.4, -0.2) is 68.7 Å². The highest BCUT2D eigenvalue weighted by Crippen LogP contribution is 2.38. The van der Waals surface area contributed by atoms with Gasteiger partial charge >= 0.3 is 0 Å². The van der Waals surface area contributed by atoms with Crippen molar-refractivity contribution in [3.8, 4) is 0 Å². The molecule has 3 heterocycles. The summed E-state index contributed by atoms with van der Waals surface area (Å²) in [6, 6.07) is 4.56. The van der Waals surface area contributed by atoms with E-state index in [2.05, 4.69) is 15.0 Å². The van der Waals surface area contributed by atoms with Crippen LogP contribution in [0, 0.1) is 13.8 Å². The van der Waals surface area contributed by atoms with Crippen LogP contribution in [0.25, 0.3) is 5.76 Å². The van der Waals surface area contributed by atoms with Crippen LogP contribution in [0.1, 0.15) is 35.2 Å². The minimum absolute atomic E-state index is 0.0223. The molecule has 1 saturated heterocycles. The molecule has 0 spiro atoms. The van der Waals surface area contributed by atoms with E-state index in [0.29, 0.717) is 35.7 Å². The maximum Gasteiger partial charge on any atom is 0.295 e. The maximum atomic E-state index is 12.9. The number of aliphatic hydroxyl groups is 1. The van der Waals surface area contributed by atoms with Crippen molar-refractivity contribution in [3.63, 3.8) is 0 Å². The molecule has 0 aromatic carbocycles. The standard InChI is InChI=1S/C21H25N5O3/c1-13-15(12-23-14(2)24-13)19(27)17-18(16-8-5-6-9-22-16)26(21(29)20(17)28)11-7-10-25(3)4/h5-6,8-9,12,18,27H,7,10-11H2,1-4H3. The third-order valence-electron chi connectivity index (χ3n) is 4.87. The van der Waals surface area contributed by atoms with E-state index in [1.807, 2.05) is 19.0 Å². The van der Waals surface area contributed by atoms with Gasteiger partial charge < -0.3 is 14.9 Å². The Bertz CT molecular complexity index is 956. The molecule has 0 saturated carbocycles. The van der Waals surface area contributed by atoms with Crippen LogP contribution in [0.5, 0.6) is 0 Å². The topological polar surface area (TPSA) is 99.5 Å². The monoisotopic (exact) mass is 395 g/mol. The predicted molar refractivity (Wildman–Crippen MR) is 108 cm³/mol. The summed E-state index contributed by atoms with van der Waals surface area (Å²) in [4.78, 5) is 42.0. The Morgan fingerprint density at radius 2 is 1.97 bits per heavy atom. The number of hydrogen-bond donors (Lipinski definition) is 1. The summed E-state index contributed by atoms with van der Waals surface area (Å²) >= 11 is 0. The van der Waals surface area contributed by atoms with Gasteiger partial charge in [0.2, 0.25) is 0 Å². The van der Waals surface area contributed by atoms with Gasteiger partial charge in [0.15, 0.2) is 0 Å². The molecule has 3 rings (SSSR count). The summed E-state index contributed by atoms with van der Waals surface area (Å²) in [5.74, 6) is -1.06. The molecule has 1 aliphatic heterocycles. The minimum atomic E-state index is -0.751. The van der Waals surface area contributed by atoms with Gasteiger partial charge in [-0.1, -0.05) is 6.07 Å². The van der Waals surface area contributed by atoms with Crippen molar-refractivity contribution in [1.29, 1.82) is 0 Å². The lowest BCUT2D eigenvalue weighted by Crippen LogP contribution is -2.32. The first kappa shape index (κ1) is 20.6. The maximum absolute atomic E-state index is 12.9. The van der Waals surface area contributed by atoms with Gasteiger partial charge in [0.25, 0.3) is 11.7 Å². The molecule has 0 bridgehead atoms. The lowest BCUT2D eigenvalue weighted by Gasteiger charge is -2.25. The second kappa shape index (κ2) is 8.48. The predicted octanol–water partition coefficient (Wildman–Crippen LogP) is 1.86. The van der Waals surface area contributed by atoms with Crippen LogP contribution in [0.4, 0.5) is 0 Å². The molecule has 1 atom stereocenters. The van der Waals surface area contributed by atoms with Gasteiger partial charge in [0, 0.05) is 18.9 Å². The van der Waals surface area contributed by atoms with Crippen LogP contribution in [-0.2, 0) is 9.59 Å². The van der Waals surface area contributed by atoms with Gasteiger partial charge in [-0.15, -0.1) is 0 Å². The molecule has 0 aliphatic carbocycles. The smallest absolute Gasteiger partial charge is 0.295 e. The highest BCUT2D eigenvalue weighted by molar-refractivity contribution is 6.46. The second-order valence-corrected chi connectivity index (χ2v) is 7.32. The van der Waals surface area contributed by atoms with E-state index < -0.39 is 17.7 Å². The molecule has 29 heavy (non-hydrogen) atoms. The Labute approximate surface area is 169 Å². The summed E-state index contributed by atoms with van der Waals surface area (Å²) in [5, 5.41) is 11.0. The number of amides is 1. The molecule has 2 aromatic heterocycles. The number of hydrogen-bond acceptors (Lipinski definition) is 7. The first-order chi connectivity index (χ1) is 13.8. The van der Waals surface area contributed by atoms with Crippen LogP contribution in [0.2, 0.25) is 0 Å². The van der Waals surface area contributed by atoms with E-state index in [1.165, 1.54) is 11.1 Å². The molecule has 1 amide bonds. The number of carbonyl (C=O) groups is 2. The molecule has 8 heteroatoms. The zero-order valence-corrected chi connectivity index (χ0v) is 17.1. The van der Waals surface area contributed by atoms with Crippen LogP contribution in [0.15, 0.2) is 36.2 Å². The quantitative estimate of drug-likeness (QED) is 0.453. The summed E-state index contributed by atoms with van der Waals surface area (Å²) in [6.45, 7) is 4.62. The Balaban J connectivity index is 2.10. The first-order valence-electron chi connectivity index (χ1n) is 9.46. The highest BCUT2D eigenvalue weighted by Gasteiger charge is 2.46. The van der Waals surface area contributed by atoms with E-state index >= 15 is 0 Å². The molecule has 1 unspecified atom stereocenters. The molecule has 8 nitrogen and oxygen atoms in total. The molecule has 1 aliphatic rings. The number of aromatic nitrogens is 3. The Kier molecular flexibility index (Phi) is 6.03. The lowest BCUT2D eigenvalue weighted by atomic mass is 9.98. The van der Waals surface area contributed by atoms with Crippen molar-refractivity contribution >= 4 is 17.4 Å². The normalized spacial score (nSPS) is 18.7. The van der Waals surface area contributed by atoms with E-state index in [9.17, 15) is 14.7 Å². The van der Waals surface area contributed by atoms with E-state index in [4.69, 9.17) is 0 Å². The van der Waals surface area contributed by atoms with Crippen LogP contribution < -0.4 is 0 Å². The summed E-state index contributed by atoms with van der Waals surface area (Å²) in [5.41, 5.74) is 1.43. The minimum Gasteiger partial charge on any atom is -0.507 e. The molecule has 1 N–H and O–H groups in total. The molecule has 152 valence electrons. The fraction of sp³-hybridized carbons (Fsp3) is 0.381. The number of nitrogens with zero attached hydrogens (tertiary/aromatic N) is 5. The zero-order chi connectivity index (χ0) is 21.1. The van der Waals surface area contributed by atoms with Crippen molar-refractivity contribution < 1.29 is 14.7 Å². The Morgan fingerprint density at radius 1 is 1.21 bits per heavy atom. The summed E-state index contributed by atoms with van der Waals surface area (Å²) in [7, 11) is 3.90. The number of aryl methyl sites for hydroxylation is 2. The molecule has 2 aromatic rings. The van der Waals surface area contributed by atoms with Crippen molar-refractivity contribution in [1.82, 2.24) is 24.8 Å². The number of likely N-dealkylation sites (tertiary alicyclic amines) is 1. The molecule has 1 fully saturated rings. The Hall–Kier alpha value is -3.13. The van der Waals surface area contributed by atoms with E-state index in [0.717, 1.165) is 6.54 Å². The number of pyridine rings is 1. The van der Waals surface area contributed by atoms with Crippen molar-refractivity contribution in [3.05, 3.63) is 58.9 Å². The number of aliphatic hydroxyl groups excluding tert-OH is 1. The SMILES string of the molecule is Cc1ncc(C(O)=C2C(=O)C(=O)N(CCCN(C)C)C2c2ccccn2)c(C)n1. The van der Waals surface area contributed by atoms with Crippen LogP contribution >= 0.6 is 0 Å². The fourth-order valence-corrected chi connectivity index (χ4v) is 3.47. The van der Waals surface area contributed by atoms with Gasteiger partial charge in [-0.3, -0.25) is 14.6 Å². The second-order valence-electron chi connectivity index (χ2n) is 7.32. The van der Waals surface area contributed by atoms with Gasteiger partial charge in [0.1, 0.15) is 17.6 Å². The van der Waals surface area contributed by atoms with E-state index in [-0.39, 0.29) is 11.3 Å². The van der Waals surface area contributed by atoms with Gasteiger partial charge in [0.05, 0.1) is 22.5 Å². The average molecular weight is 395 g/mol. The van der Waals surface area contributed by atoms with Gasteiger partial charge in [-0.25, -0.2) is 9.97 Å². The third kappa shape index (κ3) is 4.17. The number of carbonyl (C=O) groups excluding carboxylic acids is 2. The van der Waals surface area contributed by atoms with Crippen molar-refractivity contribution in [2.45, 2.75) is 26.3 Å². The number of rotatable bonds is 6. The molecule has 0 radical (unpaired) electrons. The summed E-state index contributed by atoms with van der Waals surface area (Å²) < 4.78 is 0. The van der Waals surface area contributed by atoms with Gasteiger partial charge in [-0.2, -0.15) is 0 Å². The lowest BCUT2D eigenvalue weighted by molar-refractivity contribution is -0.140. The number of ketones is 1. The van der Waals surface area contributed by atoms with Crippen LogP contribution in [0.3, 0.4) is 0 Å². The van der Waals surface area contributed by atoms with E-state index in [1.54, 1.807) is 38.2 Å². The summed E-state index contributed by atoms with van der Waals surface area (Å²) in [6.07, 6.45) is 3.77. The number of Topliss-reactive ketones (excluding diaryl/α,β-unsaturated/α-hetero) is 1. The third-order valence-corrected chi connectivity index (χ3v) is 4.87. The average Bonchev–Trinajstić information content (AvgIpc) is 2.93. The van der Waals surface area contributed by atoms with Gasteiger partial charge in [-0.05, 0) is 53.0 Å². The van der Waals surface area contributed by atoms with Crippen molar-refractivity contribution in [2.75, 3.05) is 27.2 Å². The largest absolute Gasteiger partial charge is 0.507 e.